The molecule has 1 fully saturated rings. The minimum atomic E-state index is 0.321. The van der Waals surface area contributed by atoms with Crippen molar-refractivity contribution in [3.8, 4) is 11.5 Å². The summed E-state index contributed by atoms with van der Waals surface area (Å²) < 4.78 is 11.6. The van der Waals surface area contributed by atoms with E-state index in [0.717, 1.165) is 42.3 Å². The van der Waals surface area contributed by atoms with Crippen molar-refractivity contribution in [2.75, 3.05) is 18.6 Å². The molecule has 0 atom stereocenters. The van der Waals surface area contributed by atoms with Crippen molar-refractivity contribution in [2.45, 2.75) is 31.8 Å². The highest BCUT2D eigenvalue weighted by Crippen LogP contribution is 2.35. The highest BCUT2D eigenvalue weighted by atomic mass is 16.5. The predicted molar refractivity (Wildman–Crippen MR) is 84.6 cm³/mol. The minimum Gasteiger partial charge on any atom is -0.493 e. The van der Waals surface area contributed by atoms with Crippen LogP contribution in [-0.4, -0.2) is 19.8 Å². The van der Waals surface area contributed by atoms with Crippen molar-refractivity contribution >= 4 is 5.69 Å². The number of hydrogen-bond acceptors (Lipinski definition) is 4. The summed E-state index contributed by atoms with van der Waals surface area (Å²) in [4.78, 5) is 2.14. The summed E-state index contributed by atoms with van der Waals surface area (Å²) in [5.74, 6) is 1.62. The number of allylic oxidation sites excluding steroid dienone is 1. The van der Waals surface area contributed by atoms with E-state index < -0.39 is 0 Å². The summed E-state index contributed by atoms with van der Waals surface area (Å²) >= 11 is 0. The van der Waals surface area contributed by atoms with Crippen LogP contribution in [0, 0.1) is 0 Å². The molecule has 1 aromatic rings. The van der Waals surface area contributed by atoms with Crippen LogP contribution in [0.2, 0.25) is 0 Å². The van der Waals surface area contributed by atoms with Crippen LogP contribution in [-0.2, 0) is 0 Å². The van der Waals surface area contributed by atoms with Gasteiger partial charge in [-0.3, -0.25) is 0 Å². The summed E-state index contributed by atoms with van der Waals surface area (Å²) in [7, 11) is 1.68. The Hall–Kier alpha value is -2.10. The molecule has 112 valence electrons. The van der Waals surface area contributed by atoms with E-state index in [1.807, 2.05) is 30.5 Å². The molecule has 3 rings (SSSR count). The second-order valence-corrected chi connectivity index (χ2v) is 5.53. The number of anilines is 1. The Balaban J connectivity index is 1.80. The zero-order valence-electron chi connectivity index (χ0n) is 12.4. The molecule has 2 aliphatic rings. The molecule has 0 bridgehead atoms. The summed E-state index contributed by atoms with van der Waals surface area (Å²) in [6, 6.07) is 6.06. The Morgan fingerprint density at radius 2 is 2.00 bits per heavy atom. The SMILES string of the molecule is COc1ccc(N2C=CC(N)=CC2)cc1OC1CCCC1. The first kappa shape index (κ1) is 13.9. The summed E-state index contributed by atoms with van der Waals surface area (Å²) in [5, 5.41) is 0. The molecular weight excluding hydrogens is 264 g/mol. The maximum atomic E-state index is 6.13. The number of methoxy groups -OCH3 is 1. The third-order valence-electron chi connectivity index (χ3n) is 4.05. The van der Waals surface area contributed by atoms with Crippen LogP contribution in [0.3, 0.4) is 0 Å². The van der Waals surface area contributed by atoms with Crippen LogP contribution in [0.1, 0.15) is 25.7 Å². The molecule has 4 heteroatoms. The average molecular weight is 286 g/mol. The van der Waals surface area contributed by atoms with Gasteiger partial charge in [-0.05, 0) is 50.0 Å². The fourth-order valence-corrected chi connectivity index (χ4v) is 2.82. The second-order valence-electron chi connectivity index (χ2n) is 5.53. The molecule has 1 aromatic carbocycles. The van der Waals surface area contributed by atoms with Gasteiger partial charge >= 0.3 is 0 Å². The Kier molecular flexibility index (Phi) is 4.04. The molecule has 21 heavy (non-hydrogen) atoms. The first-order valence-electron chi connectivity index (χ1n) is 7.51. The van der Waals surface area contributed by atoms with Crippen molar-refractivity contribution < 1.29 is 9.47 Å². The zero-order valence-corrected chi connectivity index (χ0v) is 12.4. The van der Waals surface area contributed by atoms with Crippen LogP contribution in [0.5, 0.6) is 11.5 Å². The third-order valence-corrected chi connectivity index (χ3v) is 4.05. The molecule has 1 saturated carbocycles. The number of rotatable bonds is 4. The van der Waals surface area contributed by atoms with Crippen LogP contribution in [0.4, 0.5) is 5.69 Å². The van der Waals surface area contributed by atoms with Crippen LogP contribution >= 0.6 is 0 Å². The lowest BCUT2D eigenvalue weighted by atomic mass is 10.2. The zero-order chi connectivity index (χ0) is 14.7. The van der Waals surface area contributed by atoms with E-state index in [-0.39, 0.29) is 0 Å². The highest BCUT2D eigenvalue weighted by molar-refractivity contribution is 5.59. The van der Waals surface area contributed by atoms with E-state index in [1.54, 1.807) is 7.11 Å². The molecule has 0 spiro atoms. The van der Waals surface area contributed by atoms with Crippen LogP contribution in [0.15, 0.2) is 42.2 Å². The highest BCUT2D eigenvalue weighted by Gasteiger charge is 2.19. The quantitative estimate of drug-likeness (QED) is 0.923. The van der Waals surface area contributed by atoms with Gasteiger partial charge in [-0.25, -0.2) is 0 Å². The van der Waals surface area contributed by atoms with E-state index in [4.69, 9.17) is 15.2 Å². The van der Waals surface area contributed by atoms with Crippen molar-refractivity contribution in [1.82, 2.24) is 0 Å². The lowest BCUT2D eigenvalue weighted by Crippen LogP contribution is -2.20. The maximum Gasteiger partial charge on any atom is 0.163 e. The second kappa shape index (κ2) is 6.12. The number of ether oxygens (including phenoxy) is 2. The average Bonchev–Trinajstić information content (AvgIpc) is 3.01. The lowest BCUT2D eigenvalue weighted by Gasteiger charge is -2.24. The van der Waals surface area contributed by atoms with Gasteiger partial charge < -0.3 is 20.1 Å². The maximum absolute atomic E-state index is 6.13. The molecule has 0 radical (unpaired) electrons. The number of hydrogen-bond donors (Lipinski definition) is 1. The molecule has 4 nitrogen and oxygen atoms in total. The number of nitrogens with two attached hydrogens (primary N) is 1. The van der Waals surface area contributed by atoms with Gasteiger partial charge in [-0.1, -0.05) is 0 Å². The van der Waals surface area contributed by atoms with Gasteiger partial charge in [-0.15, -0.1) is 0 Å². The predicted octanol–water partition coefficient (Wildman–Crippen LogP) is 3.19. The van der Waals surface area contributed by atoms with Gasteiger partial charge in [0, 0.05) is 30.2 Å². The lowest BCUT2D eigenvalue weighted by molar-refractivity contribution is 0.201. The molecule has 0 unspecified atom stereocenters. The summed E-state index contributed by atoms with van der Waals surface area (Å²) in [6.45, 7) is 0.775. The molecular formula is C17H22N2O2. The Morgan fingerprint density at radius 1 is 1.19 bits per heavy atom. The van der Waals surface area contributed by atoms with E-state index in [0.29, 0.717) is 6.10 Å². The van der Waals surface area contributed by atoms with Gasteiger partial charge in [0.2, 0.25) is 0 Å². The first-order valence-corrected chi connectivity index (χ1v) is 7.51. The minimum absolute atomic E-state index is 0.321. The van der Waals surface area contributed by atoms with Gasteiger partial charge in [0.1, 0.15) is 0 Å². The topological polar surface area (TPSA) is 47.7 Å². The fourth-order valence-electron chi connectivity index (χ4n) is 2.82. The van der Waals surface area contributed by atoms with Crippen molar-refractivity contribution in [3.63, 3.8) is 0 Å². The molecule has 0 amide bonds. The normalized spacial score (nSPS) is 18.7. The van der Waals surface area contributed by atoms with E-state index in [9.17, 15) is 0 Å². The van der Waals surface area contributed by atoms with Crippen LogP contribution in [0.25, 0.3) is 0 Å². The summed E-state index contributed by atoms with van der Waals surface area (Å²) in [6.07, 6.45) is 11.0. The van der Waals surface area contributed by atoms with Crippen molar-refractivity contribution in [2.24, 2.45) is 5.73 Å². The number of nitrogens with zero attached hydrogens (tertiary/aromatic N) is 1. The molecule has 1 heterocycles. The van der Waals surface area contributed by atoms with E-state index in [2.05, 4.69) is 11.0 Å². The first-order chi connectivity index (χ1) is 10.3. The smallest absolute Gasteiger partial charge is 0.163 e. The molecule has 2 N–H and O–H groups in total. The number of benzene rings is 1. The van der Waals surface area contributed by atoms with Gasteiger partial charge in [-0.2, -0.15) is 0 Å². The largest absolute Gasteiger partial charge is 0.493 e. The third kappa shape index (κ3) is 3.15. The fraction of sp³-hybridized carbons (Fsp3) is 0.412. The van der Waals surface area contributed by atoms with E-state index >= 15 is 0 Å². The van der Waals surface area contributed by atoms with Gasteiger partial charge in [0.25, 0.3) is 0 Å². The van der Waals surface area contributed by atoms with Gasteiger partial charge in [0.15, 0.2) is 11.5 Å². The Morgan fingerprint density at radius 3 is 2.67 bits per heavy atom. The standard InChI is InChI=1S/C17H22N2O2/c1-20-16-7-6-14(19-10-8-13(18)9-11-19)12-17(16)21-15-4-2-3-5-15/h6-10,12,15H,2-5,11,18H2,1H3. The monoisotopic (exact) mass is 286 g/mol. The Labute approximate surface area is 125 Å². The van der Waals surface area contributed by atoms with Crippen molar-refractivity contribution in [3.05, 3.63) is 42.2 Å². The van der Waals surface area contributed by atoms with Crippen LogP contribution < -0.4 is 20.1 Å². The molecule has 0 aromatic heterocycles. The molecule has 0 saturated heterocycles. The summed E-state index contributed by atoms with van der Waals surface area (Å²) in [5.41, 5.74) is 7.66. The Bertz CT molecular complexity index is 560. The molecule has 1 aliphatic heterocycles. The van der Waals surface area contributed by atoms with Crippen molar-refractivity contribution in [1.29, 1.82) is 0 Å². The van der Waals surface area contributed by atoms with Gasteiger partial charge in [0.05, 0.1) is 13.2 Å². The molecule has 1 aliphatic carbocycles. The van der Waals surface area contributed by atoms with E-state index in [1.165, 1.54) is 12.8 Å².